The van der Waals surface area contributed by atoms with Gasteiger partial charge in [-0.1, -0.05) is 13.8 Å². The number of anilines is 1. The van der Waals surface area contributed by atoms with Gasteiger partial charge in [-0.3, -0.25) is 0 Å². The van der Waals surface area contributed by atoms with Gasteiger partial charge < -0.3 is 10.1 Å². The number of ether oxygens (including phenoxy) is 1. The molecule has 1 aromatic carbocycles. The SMILES string of the molecule is COC(=O)C1(Nc2ccc(F)cc2)CSCCC1(C)C. The number of benzene rings is 1. The molecular weight excluding hydrogens is 277 g/mol. The van der Waals surface area contributed by atoms with Crippen molar-refractivity contribution >= 4 is 23.4 Å². The van der Waals surface area contributed by atoms with Gasteiger partial charge >= 0.3 is 5.97 Å². The molecule has 1 aromatic rings. The fourth-order valence-corrected chi connectivity index (χ4v) is 4.19. The zero-order valence-electron chi connectivity index (χ0n) is 12.0. The molecule has 20 heavy (non-hydrogen) atoms. The van der Waals surface area contributed by atoms with Gasteiger partial charge in [0.1, 0.15) is 11.4 Å². The van der Waals surface area contributed by atoms with Crippen LogP contribution in [0, 0.1) is 11.2 Å². The van der Waals surface area contributed by atoms with E-state index in [-0.39, 0.29) is 17.2 Å². The van der Waals surface area contributed by atoms with Crippen LogP contribution < -0.4 is 5.32 Å². The van der Waals surface area contributed by atoms with Gasteiger partial charge in [-0.15, -0.1) is 0 Å². The monoisotopic (exact) mass is 297 g/mol. The molecular formula is C15H20FNO2S. The average Bonchev–Trinajstić information content (AvgIpc) is 2.42. The summed E-state index contributed by atoms with van der Waals surface area (Å²) in [7, 11) is 1.41. The van der Waals surface area contributed by atoms with Gasteiger partial charge in [0.2, 0.25) is 0 Å². The second kappa shape index (κ2) is 5.64. The highest BCUT2D eigenvalue weighted by Crippen LogP contribution is 2.45. The first-order valence-corrected chi connectivity index (χ1v) is 7.77. The van der Waals surface area contributed by atoms with Gasteiger partial charge in [-0.05, 0) is 36.4 Å². The van der Waals surface area contributed by atoms with Crippen molar-refractivity contribution in [1.29, 1.82) is 0 Å². The summed E-state index contributed by atoms with van der Waals surface area (Å²) < 4.78 is 18.0. The first-order chi connectivity index (χ1) is 9.41. The van der Waals surface area contributed by atoms with E-state index >= 15 is 0 Å². The van der Waals surface area contributed by atoms with Crippen molar-refractivity contribution in [3.8, 4) is 0 Å². The standard InChI is InChI=1S/C15H20FNO2S/c1-14(2)8-9-20-10-15(14,13(18)19-3)17-12-6-4-11(16)5-7-12/h4-7,17H,8-10H2,1-3H3. The third-order valence-corrected chi connectivity index (χ3v) is 5.21. The van der Waals surface area contributed by atoms with Crippen molar-refractivity contribution in [2.45, 2.75) is 25.8 Å². The van der Waals surface area contributed by atoms with E-state index in [1.165, 1.54) is 19.2 Å². The third-order valence-electron chi connectivity index (χ3n) is 4.08. The number of esters is 1. The topological polar surface area (TPSA) is 38.3 Å². The summed E-state index contributed by atoms with van der Waals surface area (Å²) in [5, 5.41) is 3.30. The van der Waals surface area contributed by atoms with Crippen molar-refractivity contribution in [2.75, 3.05) is 23.9 Å². The minimum Gasteiger partial charge on any atom is -0.467 e. The summed E-state index contributed by atoms with van der Waals surface area (Å²) in [5.41, 5.74) is -0.297. The summed E-state index contributed by atoms with van der Waals surface area (Å²) in [6, 6.07) is 6.07. The predicted molar refractivity (Wildman–Crippen MR) is 80.5 cm³/mol. The molecule has 2 rings (SSSR count). The Morgan fingerprint density at radius 1 is 1.35 bits per heavy atom. The normalized spacial score (nSPS) is 25.0. The van der Waals surface area contributed by atoms with Crippen LogP contribution in [0.25, 0.3) is 0 Å². The van der Waals surface area contributed by atoms with Crippen LogP contribution in [0.4, 0.5) is 10.1 Å². The minimum atomic E-state index is -0.789. The van der Waals surface area contributed by atoms with E-state index < -0.39 is 5.54 Å². The van der Waals surface area contributed by atoms with Gasteiger partial charge in [-0.2, -0.15) is 11.8 Å². The van der Waals surface area contributed by atoms with Crippen LogP contribution in [-0.2, 0) is 9.53 Å². The zero-order chi connectivity index (χ0) is 14.8. The van der Waals surface area contributed by atoms with Crippen LogP contribution in [0.2, 0.25) is 0 Å². The molecule has 110 valence electrons. The Hall–Kier alpha value is -1.23. The van der Waals surface area contributed by atoms with Crippen molar-refractivity contribution in [1.82, 2.24) is 0 Å². The molecule has 1 heterocycles. The van der Waals surface area contributed by atoms with Gasteiger partial charge in [0.15, 0.2) is 0 Å². The number of hydrogen-bond donors (Lipinski definition) is 1. The number of carbonyl (C=O) groups is 1. The lowest BCUT2D eigenvalue weighted by Gasteiger charge is -2.48. The maximum Gasteiger partial charge on any atom is 0.332 e. The van der Waals surface area contributed by atoms with Crippen LogP contribution in [0.5, 0.6) is 0 Å². The summed E-state index contributed by atoms with van der Waals surface area (Å²) in [5.74, 6) is 1.11. The molecule has 0 bridgehead atoms. The lowest BCUT2D eigenvalue weighted by Crippen LogP contribution is -2.61. The molecule has 0 saturated carbocycles. The van der Waals surface area contributed by atoms with Crippen LogP contribution in [0.3, 0.4) is 0 Å². The number of nitrogens with one attached hydrogen (secondary N) is 1. The lowest BCUT2D eigenvalue weighted by atomic mass is 9.70. The fraction of sp³-hybridized carbons (Fsp3) is 0.533. The zero-order valence-corrected chi connectivity index (χ0v) is 12.8. The Bertz CT molecular complexity index is 489. The average molecular weight is 297 g/mol. The first-order valence-electron chi connectivity index (χ1n) is 6.61. The van der Waals surface area contributed by atoms with Crippen LogP contribution in [0.1, 0.15) is 20.3 Å². The van der Waals surface area contributed by atoms with Gasteiger partial charge in [-0.25, -0.2) is 9.18 Å². The molecule has 0 spiro atoms. The van der Waals surface area contributed by atoms with E-state index in [1.54, 1.807) is 23.9 Å². The number of hydrogen-bond acceptors (Lipinski definition) is 4. The van der Waals surface area contributed by atoms with E-state index in [4.69, 9.17) is 4.74 Å². The quantitative estimate of drug-likeness (QED) is 0.869. The molecule has 1 fully saturated rings. The molecule has 0 amide bonds. The molecule has 3 nitrogen and oxygen atoms in total. The smallest absolute Gasteiger partial charge is 0.332 e. The Morgan fingerprint density at radius 3 is 2.55 bits per heavy atom. The first kappa shape index (κ1) is 15.2. The minimum absolute atomic E-state index is 0.236. The number of thioether (sulfide) groups is 1. The van der Waals surface area contributed by atoms with Crippen molar-refractivity contribution in [2.24, 2.45) is 5.41 Å². The number of rotatable bonds is 3. The fourth-order valence-electron chi connectivity index (χ4n) is 2.51. The van der Waals surface area contributed by atoms with Crippen molar-refractivity contribution in [3.05, 3.63) is 30.1 Å². The molecule has 1 N–H and O–H groups in total. The molecule has 1 unspecified atom stereocenters. The number of carbonyl (C=O) groups excluding carboxylic acids is 1. The van der Waals surface area contributed by atoms with Gasteiger partial charge in [0, 0.05) is 16.9 Å². The third kappa shape index (κ3) is 2.64. The van der Waals surface area contributed by atoms with E-state index in [2.05, 4.69) is 19.2 Å². The second-order valence-electron chi connectivity index (χ2n) is 5.72. The van der Waals surface area contributed by atoms with Crippen molar-refractivity contribution < 1.29 is 13.9 Å². The highest BCUT2D eigenvalue weighted by Gasteiger charge is 2.53. The Labute approximate surface area is 123 Å². The molecule has 0 aromatic heterocycles. The number of halogens is 1. The van der Waals surface area contributed by atoms with E-state index in [9.17, 15) is 9.18 Å². The predicted octanol–water partition coefficient (Wildman–Crippen LogP) is 3.31. The molecule has 1 aliphatic heterocycles. The second-order valence-corrected chi connectivity index (χ2v) is 6.82. The molecule has 1 aliphatic rings. The molecule has 0 radical (unpaired) electrons. The summed E-state index contributed by atoms with van der Waals surface area (Å²) in [6.45, 7) is 4.14. The van der Waals surface area contributed by atoms with Crippen LogP contribution in [-0.4, -0.2) is 30.1 Å². The Balaban J connectivity index is 2.36. The lowest BCUT2D eigenvalue weighted by molar-refractivity contribution is -0.149. The summed E-state index contributed by atoms with van der Waals surface area (Å²) in [6.07, 6.45) is 0.918. The highest BCUT2D eigenvalue weighted by molar-refractivity contribution is 7.99. The van der Waals surface area contributed by atoms with Crippen molar-refractivity contribution in [3.63, 3.8) is 0 Å². The van der Waals surface area contributed by atoms with E-state index in [0.29, 0.717) is 5.75 Å². The Morgan fingerprint density at radius 2 is 2.00 bits per heavy atom. The maximum absolute atomic E-state index is 13.0. The number of methoxy groups -OCH3 is 1. The van der Waals surface area contributed by atoms with E-state index in [1.807, 2.05) is 0 Å². The Kier molecular flexibility index (Phi) is 4.28. The van der Waals surface area contributed by atoms with Gasteiger partial charge in [0.25, 0.3) is 0 Å². The summed E-state index contributed by atoms with van der Waals surface area (Å²) >= 11 is 1.73. The maximum atomic E-state index is 13.0. The van der Waals surface area contributed by atoms with Crippen LogP contribution >= 0.6 is 11.8 Å². The molecule has 1 saturated heterocycles. The highest BCUT2D eigenvalue weighted by atomic mass is 32.2. The van der Waals surface area contributed by atoms with Crippen LogP contribution in [0.15, 0.2) is 24.3 Å². The molecule has 0 aliphatic carbocycles. The molecule has 1 atom stereocenters. The van der Waals surface area contributed by atoms with E-state index in [0.717, 1.165) is 17.9 Å². The van der Waals surface area contributed by atoms with Gasteiger partial charge in [0.05, 0.1) is 7.11 Å². The largest absolute Gasteiger partial charge is 0.467 e. The molecule has 5 heteroatoms. The summed E-state index contributed by atoms with van der Waals surface area (Å²) in [4.78, 5) is 12.4.